The Balaban J connectivity index is 1.80. The smallest absolute Gasteiger partial charge is 0.00773 e. The first kappa shape index (κ1) is 16.0. The van der Waals surface area contributed by atoms with E-state index in [0.717, 1.165) is 18.4 Å². The molecule has 1 aliphatic carbocycles. The third-order valence-corrected chi connectivity index (χ3v) is 4.61. The molecule has 1 rings (SSSR count). The number of hydrogen-bond donors (Lipinski definition) is 1. The molecule has 18 heavy (non-hydrogen) atoms. The topological polar surface area (TPSA) is 26.0 Å². The minimum Gasteiger partial charge on any atom is -0.330 e. The van der Waals surface area contributed by atoms with E-state index in [0.29, 0.717) is 0 Å². The van der Waals surface area contributed by atoms with Crippen LogP contribution in [0.2, 0.25) is 0 Å². The number of nitrogens with two attached hydrogens (primary N) is 1. The van der Waals surface area contributed by atoms with E-state index in [1.807, 2.05) is 0 Å². The first-order chi connectivity index (χ1) is 8.83. The van der Waals surface area contributed by atoms with Crippen LogP contribution in [0.3, 0.4) is 0 Å². The maximum atomic E-state index is 5.49. The Kier molecular flexibility index (Phi) is 9.65. The molecule has 0 radical (unpaired) electrons. The van der Waals surface area contributed by atoms with Gasteiger partial charge in [0.2, 0.25) is 0 Å². The van der Waals surface area contributed by atoms with Crippen molar-refractivity contribution in [3.05, 3.63) is 0 Å². The normalized spacial score (nSPS) is 24.3. The largest absolute Gasteiger partial charge is 0.330 e. The second-order valence-electron chi connectivity index (χ2n) is 6.54. The summed E-state index contributed by atoms with van der Waals surface area (Å²) in [5, 5.41) is 0. The number of unbranched alkanes of at least 4 members (excludes halogenated alkanes) is 7. The molecule has 0 bridgehead atoms. The van der Waals surface area contributed by atoms with Gasteiger partial charge < -0.3 is 5.73 Å². The van der Waals surface area contributed by atoms with Gasteiger partial charge in [0.1, 0.15) is 0 Å². The Bertz CT molecular complexity index is 178. The molecule has 2 unspecified atom stereocenters. The molecule has 1 aliphatic rings. The maximum Gasteiger partial charge on any atom is -0.00773 e. The van der Waals surface area contributed by atoms with Crippen LogP contribution < -0.4 is 5.73 Å². The average Bonchev–Trinajstić information content (AvgIpc) is 2.37. The molecule has 0 aromatic heterocycles. The predicted molar refractivity (Wildman–Crippen MR) is 81.7 cm³/mol. The summed E-state index contributed by atoms with van der Waals surface area (Å²) in [4.78, 5) is 0. The van der Waals surface area contributed by atoms with Crippen LogP contribution in [-0.2, 0) is 0 Å². The van der Waals surface area contributed by atoms with E-state index in [-0.39, 0.29) is 0 Å². The molecule has 2 N–H and O–H groups in total. The van der Waals surface area contributed by atoms with Crippen molar-refractivity contribution < 1.29 is 0 Å². The van der Waals surface area contributed by atoms with Gasteiger partial charge in [0, 0.05) is 0 Å². The third kappa shape index (κ3) is 8.13. The Hall–Kier alpha value is -0.0400. The quantitative estimate of drug-likeness (QED) is 0.526. The molecule has 0 aromatic carbocycles. The van der Waals surface area contributed by atoms with E-state index in [9.17, 15) is 0 Å². The van der Waals surface area contributed by atoms with Crippen molar-refractivity contribution >= 4 is 0 Å². The molecule has 0 spiro atoms. The van der Waals surface area contributed by atoms with E-state index < -0.39 is 0 Å². The Morgan fingerprint density at radius 3 is 2.06 bits per heavy atom. The fourth-order valence-corrected chi connectivity index (χ4v) is 3.46. The summed E-state index contributed by atoms with van der Waals surface area (Å²) in [6.45, 7) is 3.31. The molecule has 0 amide bonds. The van der Waals surface area contributed by atoms with Gasteiger partial charge in [-0.1, -0.05) is 77.6 Å². The lowest BCUT2D eigenvalue weighted by atomic mass is 9.80. The van der Waals surface area contributed by atoms with Crippen molar-refractivity contribution in [2.75, 3.05) is 6.54 Å². The highest BCUT2D eigenvalue weighted by atomic mass is 14.5. The van der Waals surface area contributed by atoms with Gasteiger partial charge in [0.15, 0.2) is 0 Å². The van der Waals surface area contributed by atoms with Crippen molar-refractivity contribution in [2.24, 2.45) is 17.6 Å². The highest BCUT2D eigenvalue weighted by Gasteiger charge is 2.17. The van der Waals surface area contributed by atoms with Crippen LogP contribution in [0.15, 0.2) is 0 Å². The van der Waals surface area contributed by atoms with Crippen LogP contribution >= 0.6 is 0 Å². The number of rotatable bonds is 10. The van der Waals surface area contributed by atoms with Gasteiger partial charge in [-0.3, -0.25) is 0 Å². The SMILES string of the molecule is CC1CCCC(CCCCCCCCCCN)C1. The molecule has 1 nitrogen and oxygen atoms in total. The molecule has 1 heteroatoms. The van der Waals surface area contributed by atoms with E-state index in [1.54, 1.807) is 0 Å². The summed E-state index contributed by atoms with van der Waals surface area (Å²) >= 11 is 0. The van der Waals surface area contributed by atoms with Crippen molar-refractivity contribution in [3.63, 3.8) is 0 Å². The van der Waals surface area contributed by atoms with Crippen molar-refractivity contribution in [1.29, 1.82) is 0 Å². The molecule has 0 aliphatic heterocycles. The van der Waals surface area contributed by atoms with Crippen molar-refractivity contribution in [1.82, 2.24) is 0 Å². The van der Waals surface area contributed by atoms with Gasteiger partial charge in [-0.15, -0.1) is 0 Å². The summed E-state index contributed by atoms with van der Waals surface area (Å²) in [5.74, 6) is 2.07. The van der Waals surface area contributed by atoms with E-state index in [4.69, 9.17) is 5.73 Å². The molecule has 2 atom stereocenters. The highest BCUT2D eigenvalue weighted by molar-refractivity contribution is 4.70. The van der Waals surface area contributed by atoms with Gasteiger partial charge in [-0.05, 0) is 31.2 Å². The van der Waals surface area contributed by atoms with E-state index >= 15 is 0 Å². The van der Waals surface area contributed by atoms with Crippen LogP contribution in [0.4, 0.5) is 0 Å². The maximum absolute atomic E-state index is 5.49. The minimum atomic E-state index is 0.875. The Morgan fingerprint density at radius 2 is 1.44 bits per heavy atom. The molecule has 0 heterocycles. The lowest BCUT2D eigenvalue weighted by Crippen LogP contribution is -2.12. The highest BCUT2D eigenvalue weighted by Crippen LogP contribution is 2.31. The minimum absolute atomic E-state index is 0.875. The molecule has 0 aromatic rings. The number of hydrogen-bond acceptors (Lipinski definition) is 1. The molecule has 1 saturated carbocycles. The summed E-state index contributed by atoms with van der Waals surface area (Å²) in [6.07, 6.45) is 18.8. The van der Waals surface area contributed by atoms with Crippen LogP contribution in [0.25, 0.3) is 0 Å². The second kappa shape index (κ2) is 10.8. The lowest BCUT2D eigenvalue weighted by molar-refractivity contribution is 0.263. The standard InChI is InChI=1S/C17H35N/c1-16-11-10-13-17(15-16)12-8-6-4-2-3-5-7-9-14-18/h16-17H,2-15,18H2,1H3. The van der Waals surface area contributed by atoms with Crippen LogP contribution in [-0.4, -0.2) is 6.54 Å². The molecule has 108 valence electrons. The molecule has 1 fully saturated rings. The zero-order valence-corrected chi connectivity index (χ0v) is 12.6. The summed E-state index contributed by atoms with van der Waals surface area (Å²) in [7, 11) is 0. The van der Waals surface area contributed by atoms with Gasteiger partial charge in [0.05, 0.1) is 0 Å². The zero-order valence-electron chi connectivity index (χ0n) is 12.6. The molecule has 0 saturated heterocycles. The third-order valence-electron chi connectivity index (χ3n) is 4.61. The fourth-order valence-electron chi connectivity index (χ4n) is 3.46. The predicted octanol–water partition coefficient (Wildman–Crippen LogP) is 5.28. The zero-order chi connectivity index (χ0) is 13.1. The van der Waals surface area contributed by atoms with E-state index in [1.165, 1.54) is 83.5 Å². The van der Waals surface area contributed by atoms with Gasteiger partial charge in [-0.2, -0.15) is 0 Å². The second-order valence-corrected chi connectivity index (χ2v) is 6.54. The Morgan fingerprint density at radius 1 is 0.833 bits per heavy atom. The first-order valence-electron chi connectivity index (χ1n) is 8.53. The van der Waals surface area contributed by atoms with Crippen LogP contribution in [0.5, 0.6) is 0 Å². The molecular weight excluding hydrogens is 218 g/mol. The van der Waals surface area contributed by atoms with Crippen LogP contribution in [0.1, 0.15) is 90.4 Å². The summed E-state index contributed by atoms with van der Waals surface area (Å²) in [6, 6.07) is 0. The lowest BCUT2D eigenvalue weighted by Gasteiger charge is -2.26. The Labute approximate surface area is 115 Å². The van der Waals surface area contributed by atoms with Gasteiger partial charge in [0.25, 0.3) is 0 Å². The average molecular weight is 253 g/mol. The van der Waals surface area contributed by atoms with Gasteiger partial charge >= 0.3 is 0 Å². The fraction of sp³-hybridized carbons (Fsp3) is 1.00. The monoisotopic (exact) mass is 253 g/mol. The molecular formula is C17H35N. The van der Waals surface area contributed by atoms with E-state index in [2.05, 4.69) is 6.92 Å². The van der Waals surface area contributed by atoms with Crippen LogP contribution in [0, 0.1) is 11.8 Å². The first-order valence-corrected chi connectivity index (χ1v) is 8.53. The van der Waals surface area contributed by atoms with Crippen molar-refractivity contribution in [2.45, 2.75) is 90.4 Å². The van der Waals surface area contributed by atoms with Gasteiger partial charge in [-0.25, -0.2) is 0 Å². The summed E-state index contributed by atoms with van der Waals surface area (Å²) in [5.41, 5.74) is 5.49. The van der Waals surface area contributed by atoms with Crippen molar-refractivity contribution in [3.8, 4) is 0 Å². The summed E-state index contributed by atoms with van der Waals surface area (Å²) < 4.78 is 0.